The Morgan fingerprint density at radius 2 is 1.69 bits per heavy atom. The second kappa shape index (κ2) is 10.5. The van der Waals surface area contributed by atoms with Crippen LogP contribution in [0.2, 0.25) is 0 Å². The second-order valence-electron chi connectivity index (χ2n) is 6.74. The number of anilines is 1. The molecule has 6 nitrogen and oxygen atoms in total. The predicted molar refractivity (Wildman–Crippen MR) is 111 cm³/mol. The van der Waals surface area contributed by atoms with Crippen LogP contribution in [0.3, 0.4) is 0 Å². The summed E-state index contributed by atoms with van der Waals surface area (Å²) in [5.41, 5.74) is 1.07. The molecule has 0 radical (unpaired) electrons. The molecule has 1 heterocycles. The molecule has 0 aromatic heterocycles. The first-order chi connectivity index (χ1) is 14.2. The minimum absolute atomic E-state index is 0.0753. The Morgan fingerprint density at radius 3 is 2.41 bits per heavy atom. The van der Waals surface area contributed by atoms with Crippen molar-refractivity contribution in [2.45, 2.75) is 13.3 Å². The van der Waals surface area contributed by atoms with E-state index >= 15 is 0 Å². The average molecular weight is 401 g/mol. The van der Waals surface area contributed by atoms with Gasteiger partial charge in [-0.05, 0) is 37.6 Å². The molecule has 1 aliphatic heterocycles. The number of hydrogen-bond acceptors (Lipinski definition) is 4. The number of benzene rings is 2. The van der Waals surface area contributed by atoms with E-state index in [-0.39, 0.29) is 17.6 Å². The Bertz CT molecular complexity index is 794. The lowest BCUT2D eigenvalue weighted by Gasteiger charge is -2.36. The lowest BCUT2D eigenvalue weighted by atomic mass is 10.2. The van der Waals surface area contributed by atoms with E-state index in [0.29, 0.717) is 39.3 Å². The number of hydrogen-bond donors (Lipinski definition) is 1. The van der Waals surface area contributed by atoms with Gasteiger partial charge in [0.15, 0.2) is 11.6 Å². The van der Waals surface area contributed by atoms with Crippen molar-refractivity contribution in [2.75, 3.05) is 50.8 Å². The fourth-order valence-corrected chi connectivity index (χ4v) is 3.27. The zero-order chi connectivity index (χ0) is 20.5. The molecule has 1 fully saturated rings. The van der Waals surface area contributed by atoms with Crippen LogP contribution < -0.4 is 19.7 Å². The van der Waals surface area contributed by atoms with Gasteiger partial charge in [0, 0.05) is 32.7 Å². The van der Waals surface area contributed by atoms with Crippen molar-refractivity contribution in [3.05, 3.63) is 54.3 Å². The van der Waals surface area contributed by atoms with Crippen LogP contribution in [-0.2, 0) is 0 Å². The van der Waals surface area contributed by atoms with Crippen molar-refractivity contribution < 1.29 is 18.7 Å². The molecule has 1 saturated heterocycles. The number of halogens is 1. The van der Waals surface area contributed by atoms with E-state index < -0.39 is 0 Å². The van der Waals surface area contributed by atoms with Crippen LogP contribution in [0.5, 0.6) is 11.5 Å². The molecule has 29 heavy (non-hydrogen) atoms. The van der Waals surface area contributed by atoms with Crippen molar-refractivity contribution >= 4 is 11.7 Å². The third-order valence-corrected chi connectivity index (χ3v) is 4.76. The Kier molecular flexibility index (Phi) is 7.55. The summed E-state index contributed by atoms with van der Waals surface area (Å²) in [5.74, 6) is 0.741. The van der Waals surface area contributed by atoms with Gasteiger partial charge in [0.2, 0.25) is 0 Å². The first-order valence-corrected chi connectivity index (χ1v) is 10.1. The number of piperazine rings is 1. The van der Waals surface area contributed by atoms with Gasteiger partial charge in [-0.1, -0.05) is 24.3 Å². The molecule has 156 valence electrons. The molecular weight excluding hydrogens is 373 g/mol. The molecule has 7 heteroatoms. The van der Waals surface area contributed by atoms with E-state index in [0.717, 1.165) is 24.5 Å². The van der Waals surface area contributed by atoms with Crippen molar-refractivity contribution in [1.29, 1.82) is 0 Å². The molecule has 0 bridgehead atoms. The molecule has 0 atom stereocenters. The number of ether oxygens (including phenoxy) is 2. The highest BCUT2D eigenvalue weighted by atomic mass is 19.1. The minimum Gasteiger partial charge on any atom is -0.492 e. The first-order valence-electron chi connectivity index (χ1n) is 10.1. The van der Waals surface area contributed by atoms with Crippen LogP contribution in [0, 0.1) is 5.82 Å². The maximum atomic E-state index is 13.5. The fraction of sp³-hybridized carbons (Fsp3) is 0.409. The van der Waals surface area contributed by atoms with Gasteiger partial charge >= 0.3 is 6.03 Å². The van der Waals surface area contributed by atoms with Crippen LogP contribution in [-0.4, -0.2) is 56.9 Å². The van der Waals surface area contributed by atoms with Crippen molar-refractivity contribution in [1.82, 2.24) is 10.2 Å². The smallest absolute Gasteiger partial charge is 0.317 e. The topological polar surface area (TPSA) is 54.0 Å². The third-order valence-electron chi connectivity index (χ3n) is 4.76. The number of carbonyl (C=O) groups is 1. The van der Waals surface area contributed by atoms with Crippen LogP contribution in [0.4, 0.5) is 14.9 Å². The molecule has 0 saturated carbocycles. The minimum atomic E-state index is -0.375. The number of para-hydroxylation sites is 3. The SMILES string of the molecule is CCOc1ccccc1N1CCN(C(=O)NCCCOc2ccccc2F)CC1. The summed E-state index contributed by atoms with van der Waals surface area (Å²) in [6.45, 7) is 6.25. The van der Waals surface area contributed by atoms with Gasteiger partial charge in [-0.3, -0.25) is 0 Å². The maximum Gasteiger partial charge on any atom is 0.317 e. The highest BCUT2D eigenvalue weighted by molar-refractivity contribution is 5.74. The van der Waals surface area contributed by atoms with Gasteiger partial charge in [0.1, 0.15) is 5.75 Å². The van der Waals surface area contributed by atoms with E-state index in [1.807, 2.05) is 30.0 Å². The van der Waals surface area contributed by atoms with Gasteiger partial charge in [-0.2, -0.15) is 0 Å². The van der Waals surface area contributed by atoms with Crippen LogP contribution in [0.25, 0.3) is 0 Å². The highest BCUT2D eigenvalue weighted by Gasteiger charge is 2.22. The molecule has 0 spiro atoms. The largest absolute Gasteiger partial charge is 0.492 e. The molecule has 2 aromatic carbocycles. The zero-order valence-corrected chi connectivity index (χ0v) is 16.8. The summed E-state index contributed by atoms with van der Waals surface area (Å²) >= 11 is 0. The van der Waals surface area contributed by atoms with E-state index in [1.165, 1.54) is 6.07 Å². The number of amides is 2. The standard InChI is InChI=1S/C22H28FN3O3/c1-2-28-21-11-6-4-9-19(21)25-13-15-26(16-14-25)22(27)24-12-7-17-29-20-10-5-3-8-18(20)23/h3-6,8-11H,2,7,12-17H2,1H3,(H,24,27). The summed E-state index contributed by atoms with van der Waals surface area (Å²) in [6, 6.07) is 14.2. The van der Waals surface area contributed by atoms with E-state index in [9.17, 15) is 9.18 Å². The third kappa shape index (κ3) is 5.76. The molecule has 1 aliphatic rings. The Labute approximate surface area is 171 Å². The Hall–Kier alpha value is -2.96. The first kappa shape index (κ1) is 20.8. The number of nitrogens with one attached hydrogen (secondary N) is 1. The van der Waals surface area contributed by atoms with E-state index in [2.05, 4.69) is 16.3 Å². The monoisotopic (exact) mass is 401 g/mol. The van der Waals surface area contributed by atoms with Gasteiger partial charge < -0.3 is 24.6 Å². The fourth-order valence-electron chi connectivity index (χ4n) is 3.27. The van der Waals surface area contributed by atoms with Crippen LogP contribution >= 0.6 is 0 Å². The number of urea groups is 1. The zero-order valence-electron chi connectivity index (χ0n) is 16.8. The summed E-state index contributed by atoms with van der Waals surface area (Å²) in [5, 5.41) is 2.91. The summed E-state index contributed by atoms with van der Waals surface area (Å²) in [7, 11) is 0. The normalized spacial score (nSPS) is 13.9. The van der Waals surface area contributed by atoms with Crippen LogP contribution in [0.1, 0.15) is 13.3 Å². The van der Waals surface area contributed by atoms with Gasteiger partial charge in [0.05, 0.1) is 18.9 Å². The lowest BCUT2D eigenvalue weighted by molar-refractivity contribution is 0.193. The number of rotatable bonds is 8. The molecule has 1 N–H and O–H groups in total. The molecule has 0 aliphatic carbocycles. The predicted octanol–water partition coefficient (Wildman–Crippen LogP) is 3.53. The molecule has 3 rings (SSSR count). The van der Waals surface area contributed by atoms with Crippen molar-refractivity contribution in [2.24, 2.45) is 0 Å². The Morgan fingerprint density at radius 1 is 1.00 bits per heavy atom. The maximum absolute atomic E-state index is 13.5. The van der Waals surface area contributed by atoms with E-state index in [1.54, 1.807) is 18.2 Å². The van der Waals surface area contributed by atoms with E-state index in [4.69, 9.17) is 9.47 Å². The van der Waals surface area contributed by atoms with Crippen LogP contribution in [0.15, 0.2) is 48.5 Å². The second-order valence-corrected chi connectivity index (χ2v) is 6.74. The summed E-state index contributed by atoms with van der Waals surface area (Å²) < 4.78 is 24.6. The molecule has 2 aromatic rings. The average Bonchev–Trinajstić information content (AvgIpc) is 2.75. The lowest BCUT2D eigenvalue weighted by Crippen LogP contribution is -2.52. The molecular formula is C22H28FN3O3. The van der Waals surface area contributed by atoms with Crippen molar-refractivity contribution in [3.8, 4) is 11.5 Å². The van der Waals surface area contributed by atoms with Crippen molar-refractivity contribution in [3.63, 3.8) is 0 Å². The Balaban J connectivity index is 1.37. The number of nitrogens with zero attached hydrogens (tertiary/aromatic N) is 2. The van der Waals surface area contributed by atoms with Gasteiger partial charge in [-0.25, -0.2) is 9.18 Å². The number of carbonyl (C=O) groups excluding carboxylic acids is 1. The molecule has 0 unspecified atom stereocenters. The van der Waals surface area contributed by atoms with Gasteiger partial charge in [0.25, 0.3) is 0 Å². The quantitative estimate of drug-likeness (QED) is 0.688. The highest BCUT2D eigenvalue weighted by Crippen LogP contribution is 2.28. The molecule has 2 amide bonds. The summed E-state index contributed by atoms with van der Waals surface area (Å²) in [4.78, 5) is 16.4. The summed E-state index contributed by atoms with van der Waals surface area (Å²) in [6.07, 6.45) is 0.613. The van der Waals surface area contributed by atoms with Gasteiger partial charge in [-0.15, -0.1) is 0 Å².